The van der Waals surface area contributed by atoms with Gasteiger partial charge >= 0.3 is 0 Å². The summed E-state index contributed by atoms with van der Waals surface area (Å²) in [5, 5.41) is 9.76. The molecule has 24 heavy (non-hydrogen) atoms. The topological polar surface area (TPSA) is 92.9 Å². The molecule has 1 aliphatic rings. The molecule has 1 aliphatic heterocycles. The Balaban J connectivity index is 2.07. The quantitative estimate of drug-likeness (QED) is 0.757. The number of ether oxygens (including phenoxy) is 1. The van der Waals surface area contributed by atoms with E-state index >= 15 is 0 Å². The van der Waals surface area contributed by atoms with E-state index in [0.29, 0.717) is 6.54 Å². The highest BCUT2D eigenvalue weighted by molar-refractivity contribution is 7.91. The molecule has 3 N–H and O–H groups in total. The first kappa shape index (κ1) is 19.8. The molecule has 9 heteroatoms. The van der Waals surface area contributed by atoms with Crippen LogP contribution in [0.3, 0.4) is 0 Å². The van der Waals surface area contributed by atoms with Gasteiger partial charge in [0.15, 0.2) is 9.84 Å². The van der Waals surface area contributed by atoms with E-state index in [2.05, 4.69) is 4.90 Å². The Bertz CT molecular complexity index is 676. The number of nitrogens with zero attached hydrogens (tertiary/aromatic N) is 1. The largest absolute Gasteiger partial charge is 0.489 e. The summed E-state index contributed by atoms with van der Waals surface area (Å²) in [4.78, 5) is 2.04. The van der Waals surface area contributed by atoms with E-state index in [4.69, 9.17) is 33.7 Å². The van der Waals surface area contributed by atoms with Crippen LogP contribution in [-0.4, -0.2) is 63.1 Å². The van der Waals surface area contributed by atoms with Gasteiger partial charge in [0.05, 0.1) is 16.1 Å². The van der Waals surface area contributed by atoms with Crippen LogP contribution in [0.25, 0.3) is 0 Å². The van der Waals surface area contributed by atoms with Gasteiger partial charge in [0.1, 0.15) is 16.7 Å². The predicted molar refractivity (Wildman–Crippen MR) is 94.7 cm³/mol. The maximum absolute atomic E-state index is 12.0. The van der Waals surface area contributed by atoms with Crippen LogP contribution in [0.15, 0.2) is 17.0 Å². The van der Waals surface area contributed by atoms with Crippen molar-refractivity contribution in [3.63, 3.8) is 0 Å². The summed E-state index contributed by atoms with van der Waals surface area (Å²) in [5.74, 6) is 0.229. The highest BCUT2D eigenvalue weighted by Crippen LogP contribution is 2.37. The highest BCUT2D eigenvalue weighted by Gasteiger charge is 2.26. The van der Waals surface area contributed by atoms with E-state index in [1.807, 2.05) is 0 Å². The van der Waals surface area contributed by atoms with Gasteiger partial charge in [0, 0.05) is 32.4 Å². The fourth-order valence-electron chi connectivity index (χ4n) is 2.71. The average Bonchev–Trinajstić information content (AvgIpc) is 2.51. The molecular weight excluding hydrogens is 375 g/mol. The zero-order valence-electron chi connectivity index (χ0n) is 13.4. The number of benzene rings is 1. The first-order valence-electron chi connectivity index (χ1n) is 7.67. The summed E-state index contributed by atoms with van der Waals surface area (Å²) in [6.07, 6.45) is 1.87. The Morgan fingerprint density at radius 1 is 1.38 bits per heavy atom. The van der Waals surface area contributed by atoms with E-state index in [0.717, 1.165) is 32.2 Å². The maximum atomic E-state index is 12.0. The number of likely N-dealkylation sites (tertiary alicyclic amines) is 1. The minimum atomic E-state index is -3.57. The second-order valence-electron chi connectivity index (χ2n) is 5.97. The summed E-state index contributed by atoms with van der Waals surface area (Å²) in [6, 6.07) is 3.07. The Kier molecular flexibility index (Phi) is 6.75. The molecule has 1 saturated heterocycles. The molecule has 1 atom stereocenters. The van der Waals surface area contributed by atoms with Gasteiger partial charge in [-0.1, -0.05) is 23.2 Å². The molecule has 1 aromatic rings. The minimum Gasteiger partial charge on any atom is -0.489 e. The molecule has 0 unspecified atom stereocenters. The summed E-state index contributed by atoms with van der Waals surface area (Å²) in [6.45, 7) is 2.26. The molecule has 0 aromatic heterocycles. The molecule has 0 amide bonds. The lowest BCUT2D eigenvalue weighted by molar-refractivity contribution is 0.0630. The summed E-state index contributed by atoms with van der Waals surface area (Å²) < 4.78 is 29.9. The number of sulfone groups is 1. The van der Waals surface area contributed by atoms with Gasteiger partial charge in [-0.25, -0.2) is 8.42 Å². The standard InChI is InChI=1S/C15H22Cl2N2O4S/c1-24(21,22)15-13(3-2-12(16)14(15)17)23-11-4-6-19(7-5-11)9-10(20)8-18/h2-3,10-11,20H,4-9,18H2,1H3/t10-/m1/s1. The SMILES string of the molecule is CS(=O)(=O)c1c(OC2CCN(C[C@H](O)CN)CC2)ccc(Cl)c1Cl. The second-order valence-corrected chi connectivity index (χ2v) is 8.71. The number of nitrogens with two attached hydrogens (primary N) is 1. The van der Waals surface area contributed by atoms with Crippen molar-refractivity contribution in [2.45, 2.75) is 29.9 Å². The number of aliphatic hydroxyl groups is 1. The number of piperidine rings is 1. The van der Waals surface area contributed by atoms with Crippen molar-refractivity contribution < 1.29 is 18.3 Å². The molecule has 0 spiro atoms. The van der Waals surface area contributed by atoms with Crippen LogP contribution in [0.4, 0.5) is 0 Å². The summed E-state index contributed by atoms with van der Waals surface area (Å²) in [5.41, 5.74) is 5.42. The zero-order valence-corrected chi connectivity index (χ0v) is 15.7. The number of hydrogen-bond donors (Lipinski definition) is 2. The van der Waals surface area contributed by atoms with Gasteiger partial charge in [-0.05, 0) is 25.0 Å². The fraction of sp³-hybridized carbons (Fsp3) is 0.600. The monoisotopic (exact) mass is 396 g/mol. The highest BCUT2D eigenvalue weighted by atomic mass is 35.5. The Morgan fingerprint density at radius 2 is 2.00 bits per heavy atom. The number of halogens is 2. The molecule has 6 nitrogen and oxygen atoms in total. The van der Waals surface area contributed by atoms with Crippen LogP contribution >= 0.6 is 23.2 Å². The number of aliphatic hydroxyl groups excluding tert-OH is 1. The molecule has 2 rings (SSSR count). The Morgan fingerprint density at radius 3 is 2.54 bits per heavy atom. The first-order chi connectivity index (χ1) is 11.2. The lowest BCUT2D eigenvalue weighted by Crippen LogP contribution is -2.43. The van der Waals surface area contributed by atoms with Crippen molar-refractivity contribution in [1.29, 1.82) is 0 Å². The van der Waals surface area contributed by atoms with E-state index in [1.165, 1.54) is 12.1 Å². The van der Waals surface area contributed by atoms with E-state index in [-0.39, 0.29) is 33.3 Å². The Labute approximate surface area is 152 Å². The van der Waals surface area contributed by atoms with Crippen molar-refractivity contribution in [2.24, 2.45) is 5.73 Å². The average molecular weight is 397 g/mol. The third-order valence-corrected chi connectivity index (χ3v) is 6.02. The van der Waals surface area contributed by atoms with E-state index in [9.17, 15) is 13.5 Å². The van der Waals surface area contributed by atoms with E-state index in [1.54, 1.807) is 0 Å². The summed E-state index contributed by atoms with van der Waals surface area (Å²) >= 11 is 12.0. The van der Waals surface area contributed by atoms with Gasteiger partial charge < -0.3 is 20.5 Å². The molecule has 0 bridgehead atoms. The van der Waals surface area contributed by atoms with Crippen molar-refractivity contribution in [2.75, 3.05) is 32.4 Å². The number of rotatable bonds is 6. The van der Waals surface area contributed by atoms with Gasteiger partial charge in [-0.2, -0.15) is 0 Å². The molecule has 1 fully saturated rings. The van der Waals surface area contributed by atoms with Gasteiger partial charge in [-0.3, -0.25) is 0 Å². The maximum Gasteiger partial charge on any atom is 0.180 e. The third-order valence-electron chi connectivity index (χ3n) is 3.95. The van der Waals surface area contributed by atoms with Crippen molar-refractivity contribution in [3.05, 3.63) is 22.2 Å². The van der Waals surface area contributed by atoms with Crippen LogP contribution in [0, 0.1) is 0 Å². The van der Waals surface area contributed by atoms with E-state index < -0.39 is 15.9 Å². The number of hydrogen-bond acceptors (Lipinski definition) is 6. The van der Waals surface area contributed by atoms with Crippen LogP contribution in [0.5, 0.6) is 5.75 Å². The lowest BCUT2D eigenvalue weighted by atomic mass is 10.1. The second kappa shape index (κ2) is 8.21. The minimum absolute atomic E-state index is 0.0137. The predicted octanol–water partition coefficient (Wildman–Crippen LogP) is 1.56. The van der Waals surface area contributed by atoms with Crippen LogP contribution in [0.1, 0.15) is 12.8 Å². The molecule has 1 heterocycles. The number of β-amino-alcohol motifs (C(OH)–C–C–N with tert-alkyl or cyclic N) is 1. The van der Waals surface area contributed by atoms with Crippen LogP contribution in [0.2, 0.25) is 10.0 Å². The Hall–Kier alpha value is -0.570. The molecular formula is C15H22Cl2N2O4S. The van der Waals surface area contributed by atoms with Crippen LogP contribution < -0.4 is 10.5 Å². The summed E-state index contributed by atoms with van der Waals surface area (Å²) in [7, 11) is -3.57. The van der Waals surface area contributed by atoms with Gasteiger partial charge in [0.25, 0.3) is 0 Å². The van der Waals surface area contributed by atoms with Gasteiger partial charge in [-0.15, -0.1) is 0 Å². The molecule has 0 saturated carbocycles. The smallest absolute Gasteiger partial charge is 0.180 e. The van der Waals surface area contributed by atoms with Crippen molar-refractivity contribution in [3.8, 4) is 5.75 Å². The van der Waals surface area contributed by atoms with Crippen molar-refractivity contribution >= 4 is 33.0 Å². The fourth-order valence-corrected chi connectivity index (χ4v) is 4.42. The zero-order chi connectivity index (χ0) is 17.9. The van der Waals surface area contributed by atoms with Crippen LogP contribution in [-0.2, 0) is 9.84 Å². The molecule has 0 aliphatic carbocycles. The van der Waals surface area contributed by atoms with Crippen molar-refractivity contribution in [1.82, 2.24) is 4.90 Å². The lowest BCUT2D eigenvalue weighted by Gasteiger charge is -2.33. The third kappa shape index (κ3) is 4.97. The normalized spacial score (nSPS) is 18.5. The molecule has 0 radical (unpaired) electrons. The molecule has 136 valence electrons. The van der Waals surface area contributed by atoms with Gasteiger partial charge in [0.2, 0.25) is 0 Å². The molecule has 1 aromatic carbocycles. The first-order valence-corrected chi connectivity index (χ1v) is 10.3.